The van der Waals surface area contributed by atoms with E-state index in [9.17, 15) is 4.79 Å². The van der Waals surface area contributed by atoms with Gasteiger partial charge in [-0.2, -0.15) is 0 Å². The second-order valence-electron chi connectivity index (χ2n) is 7.31. The smallest absolute Gasteiger partial charge is 0.269 e. The van der Waals surface area contributed by atoms with E-state index < -0.39 is 0 Å². The number of ether oxygens (including phenoxy) is 2. The molecule has 1 amide bonds. The number of likely N-dealkylation sites (tertiary alicyclic amines) is 1. The summed E-state index contributed by atoms with van der Waals surface area (Å²) in [5, 5.41) is 3.65. The number of rotatable bonds is 5. The molecule has 0 aliphatic carbocycles. The molecule has 148 valence electrons. The fourth-order valence-electron chi connectivity index (χ4n) is 3.67. The van der Waals surface area contributed by atoms with Crippen LogP contribution in [0.1, 0.15) is 23.3 Å². The van der Waals surface area contributed by atoms with Gasteiger partial charge in [0, 0.05) is 30.4 Å². The van der Waals surface area contributed by atoms with E-state index in [-0.39, 0.29) is 12.0 Å². The fraction of sp³-hybridized carbons (Fsp3) is 0.429. The standard InChI is InChI=1S/C21H24ClN3O3/c22-16-4-5-19-20(11-16)28-17(14-27-19)13-25-9-6-15(7-10-25)12-24-21(26)18-3-1-2-8-23-18/h1-5,8,11,15,17H,6-7,9-10,12-14H2,(H,24,26)/t17-/m0/s1. The van der Waals surface area contributed by atoms with Crippen LogP contribution in [0.4, 0.5) is 0 Å². The average Bonchev–Trinajstić information content (AvgIpc) is 2.73. The number of carbonyl (C=O) groups is 1. The first-order chi connectivity index (χ1) is 13.7. The summed E-state index contributed by atoms with van der Waals surface area (Å²) in [7, 11) is 0. The molecule has 0 spiro atoms. The number of carbonyl (C=O) groups excluding carboxylic acids is 1. The predicted molar refractivity (Wildman–Crippen MR) is 107 cm³/mol. The molecule has 2 aliphatic heterocycles. The van der Waals surface area contributed by atoms with E-state index >= 15 is 0 Å². The second-order valence-corrected chi connectivity index (χ2v) is 7.75. The van der Waals surface area contributed by atoms with Gasteiger partial charge in [-0.15, -0.1) is 0 Å². The number of piperidine rings is 1. The van der Waals surface area contributed by atoms with E-state index in [1.807, 2.05) is 18.2 Å². The number of amides is 1. The van der Waals surface area contributed by atoms with Crippen LogP contribution in [0.5, 0.6) is 11.5 Å². The Morgan fingerprint density at radius 1 is 1.21 bits per heavy atom. The number of nitrogens with one attached hydrogen (secondary N) is 1. The molecule has 0 saturated carbocycles. The lowest BCUT2D eigenvalue weighted by molar-refractivity contribution is 0.0476. The third-order valence-corrected chi connectivity index (χ3v) is 5.48. The molecule has 4 rings (SSSR count). The van der Waals surface area contributed by atoms with E-state index in [1.54, 1.807) is 24.4 Å². The maximum atomic E-state index is 12.1. The van der Waals surface area contributed by atoms with Crippen LogP contribution in [-0.2, 0) is 0 Å². The number of halogens is 1. The Morgan fingerprint density at radius 2 is 2.07 bits per heavy atom. The third-order valence-electron chi connectivity index (χ3n) is 5.24. The summed E-state index contributed by atoms with van der Waals surface area (Å²) < 4.78 is 11.9. The molecule has 0 unspecified atom stereocenters. The van der Waals surface area contributed by atoms with Crippen LogP contribution >= 0.6 is 11.6 Å². The van der Waals surface area contributed by atoms with Crippen LogP contribution in [0, 0.1) is 5.92 Å². The lowest BCUT2D eigenvalue weighted by Gasteiger charge is -2.35. The molecule has 1 aromatic heterocycles. The van der Waals surface area contributed by atoms with Crippen molar-refractivity contribution < 1.29 is 14.3 Å². The molecule has 1 N–H and O–H groups in total. The van der Waals surface area contributed by atoms with E-state index in [1.165, 1.54) is 0 Å². The first-order valence-electron chi connectivity index (χ1n) is 9.68. The summed E-state index contributed by atoms with van der Waals surface area (Å²) in [5.41, 5.74) is 0.467. The quantitative estimate of drug-likeness (QED) is 0.834. The maximum Gasteiger partial charge on any atom is 0.269 e. The normalized spacial score (nSPS) is 20.0. The largest absolute Gasteiger partial charge is 0.486 e. The summed E-state index contributed by atoms with van der Waals surface area (Å²) in [6.07, 6.45) is 3.75. The van der Waals surface area contributed by atoms with Crippen LogP contribution < -0.4 is 14.8 Å². The molecule has 3 heterocycles. The van der Waals surface area contributed by atoms with E-state index in [2.05, 4.69) is 15.2 Å². The highest BCUT2D eigenvalue weighted by Gasteiger charge is 2.26. The van der Waals surface area contributed by atoms with Crippen molar-refractivity contribution in [2.24, 2.45) is 5.92 Å². The van der Waals surface area contributed by atoms with Crippen molar-refractivity contribution in [2.75, 3.05) is 32.8 Å². The molecule has 1 aromatic carbocycles. The molecule has 6 nitrogen and oxygen atoms in total. The minimum atomic E-state index is -0.104. The Balaban J connectivity index is 1.20. The lowest BCUT2D eigenvalue weighted by Crippen LogP contribution is -2.45. The number of aromatic nitrogens is 1. The number of hydrogen-bond donors (Lipinski definition) is 1. The van der Waals surface area contributed by atoms with Gasteiger partial charge in [0.2, 0.25) is 0 Å². The van der Waals surface area contributed by atoms with E-state index in [4.69, 9.17) is 21.1 Å². The first-order valence-corrected chi connectivity index (χ1v) is 10.1. The summed E-state index contributed by atoms with van der Waals surface area (Å²) in [4.78, 5) is 18.6. The molecule has 2 aliphatic rings. The highest BCUT2D eigenvalue weighted by molar-refractivity contribution is 6.30. The summed E-state index contributed by atoms with van der Waals surface area (Å²) in [5.74, 6) is 1.86. The van der Waals surface area contributed by atoms with Gasteiger partial charge >= 0.3 is 0 Å². The monoisotopic (exact) mass is 401 g/mol. The SMILES string of the molecule is O=C(NCC1CCN(C[C@H]2COc3ccc(Cl)cc3O2)CC1)c1ccccn1. The Kier molecular flexibility index (Phi) is 5.98. The Labute approximate surface area is 169 Å². The first kappa shape index (κ1) is 19.0. The second kappa shape index (κ2) is 8.80. The predicted octanol–water partition coefficient (Wildman–Crippen LogP) is 3.02. The van der Waals surface area contributed by atoms with Crippen molar-refractivity contribution in [3.63, 3.8) is 0 Å². The molecule has 1 atom stereocenters. The van der Waals surface area contributed by atoms with Gasteiger partial charge < -0.3 is 14.8 Å². The van der Waals surface area contributed by atoms with Crippen molar-refractivity contribution in [2.45, 2.75) is 18.9 Å². The van der Waals surface area contributed by atoms with Crippen LogP contribution in [-0.4, -0.2) is 54.7 Å². The molecular formula is C21H24ClN3O3. The molecule has 0 bridgehead atoms. The van der Waals surface area contributed by atoms with Gasteiger partial charge in [-0.1, -0.05) is 17.7 Å². The van der Waals surface area contributed by atoms with Crippen LogP contribution in [0.25, 0.3) is 0 Å². The van der Waals surface area contributed by atoms with Crippen molar-refractivity contribution >= 4 is 17.5 Å². The van der Waals surface area contributed by atoms with Crippen molar-refractivity contribution in [1.29, 1.82) is 0 Å². The maximum absolute atomic E-state index is 12.1. The lowest BCUT2D eigenvalue weighted by atomic mass is 9.96. The number of hydrogen-bond acceptors (Lipinski definition) is 5. The van der Waals surface area contributed by atoms with Crippen molar-refractivity contribution in [3.05, 3.63) is 53.3 Å². The molecule has 7 heteroatoms. The van der Waals surface area contributed by atoms with Gasteiger partial charge in [-0.05, 0) is 56.1 Å². The van der Waals surface area contributed by atoms with Crippen LogP contribution in [0.2, 0.25) is 5.02 Å². The molecule has 0 radical (unpaired) electrons. The topological polar surface area (TPSA) is 63.7 Å². The molecule has 28 heavy (non-hydrogen) atoms. The highest BCUT2D eigenvalue weighted by atomic mass is 35.5. The Morgan fingerprint density at radius 3 is 2.86 bits per heavy atom. The molecule has 1 saturated heterocycles. The Bertz CT molecular complexity index is 810. The molecule has 2 aromatic rings. The van der Waals surface area contributed by atoms with Crippen molar-refractivity contribution in [3.8, 4) is 11.5 Å². The van der Waals surface area contributed by atoms with E-state index in [0.717, 1.165) is 44.0 Å². The van der Waals surface area contributed by atoms with Gasteiger partial charge in [-0.25, -0.2) is 0 Å². The van der Waals surface area contributed by atoms with Gasteiger partial charge in [0.05, 0.1) is 0 Å². The van der Waals surface area contributed by atoms with Crippen LogP contribution in [0.3, 0.4) is 0 Å². The zero-order chi connectivity index (χ0) is 19.3. The number of nitrogens with zero attached hydrogens (tertiary/aromatic N) is 2. The third kappa shape index (κ3) is 4.75. The zero-order valence-electron chi connectivity index (χ0n) is 15.6. The Hall–Kier alpha value is -2.31. The number of fused-ring (bicyclic) bond motifs is 1. The molecular weight excluding hydrogens is 378 g/mol. The minimum Gasteiger partial charge on any atom is -0.486 e. The summed E-state index contributed by atoms with van der Waals surface area (Å²) in [6.45, 7) is 4.06. The van der Waals surface area contributed by atoms with Crippen LogP contribution in [0.15, 0.2) is 42.6 Å². The highest BCUT2D eigenvalue weighted by Crippen LogP contribution is 2.34. The van der Waals surface area contributed by atoms with Crippen molar-refractivity contribution in [1.82, 2.24) is 15.2 Å². The average molecular weight is 402 g/mol. The number of benzene rings is 1. The number of pyridine rings is 1. The zero-order valence-corrected chi connectivity index (χ0v) is 16.4. The van der Waals surface area contributed by atoms with Gasteiger partial charge in [-0.3, -0.25) is 14.7 Å². The van der Waals surface area contributed by atoms with Gasteiger partial charge in [0.15, 0.2) is 11.5 Å². The minimum absolute atomic E-state index is 0.00590. The summed E-state index contributed by atoms with van der Waals surface area (Å²) >= 11 is 6.04. The van der Waals surface area contributed by atoms with E-state index in [0.29, 0.717) is 29.8 Å². The fourth-order valence-corrected chi connectivity index (χ4v) is 3.83. The summed E-state index contributed by atoms with van der Waals surface area (Å²) in [6, 6.07) is 10.8. The van der Waals surface area contributed by atoms with Gasteiger partial charge in [0.1, 0.15) is 18.4 Å². The van der Waals surface area contributed by atoms with Gasteiger partial charge in [0.25, 0.3) is 5.91 Å². The molecule has 1 fully saturated rings.